The maximum absolute atomic E-state index is 13.0. The molecule has 0 aromatic heterocycles. The Morgan fingerprint density at radius 1 is 1.25 bits per heavy atom. The Balaban J connectivity index is 2.90. The van der Waals surface area contributed by atoms with Crippen LogP contribution in [-0.2, 0) is 6.54 Å². The van der Waals surface area contributed by atoms with E-state index in [0.717, 1.165) is 11.0 Å². The summed E-state index contributed by atoms with van der Waals surface area (Å²) in [6.45, 7) is -1.04. The number of benzene rings is 1. The van der Waals surface area contributed by atoms with Crippen LogP contribution in [0, 0.1) is 5.82 Å². The van der Waals surface area contributed by atoms with Gasteiger partial charge in [0, 0.05) is 19.3 Å². The van der Waals surface area contributed by atoms with Gasteiger partial charge < -0.3 is 10.6 Å². The van der Waals surface area contributed by atoms with Crippen LogP contribution in [0.1, 0.15) is 5.56 Å². The van der Waals surface area contributed by atoms with Gasteiger partial charge in [-0.1, -0.05) is 0 Å². The Morgan fingerprint density at radius 2 is 1.88 bits per heavy atom. The van der Waals surface area contributed by atoms with Crippen LogP contribution in [0.25, 0.3) is 0 Å². The van der Waals surface area contributed by atoms with Crippen molar-refractivity contribution in [3.8, 4) is 0 Å². The fourth-order valence-corrected chi connectivity index (χ4v) is 1.33. The molecule has 0 radical (unpaired) electrons. The first-order valence-corrected chi connectivity index (χ1v) is 4.59. The van der Waals surface area contributed by atoms with E-state index in [4.69, 9.17) is 5.73 Å². The quantitative estimate of drug-likeness (QED) is 0.816. The van der Waals surface area contributed by atoms with Crippen molar-refractivity contribution in [2.75, 3.05) is 18.5 Å². The molecule has 6 heteroatoms. The molecule has 0 aliphatic heterocycles. The number of anilines is 1. The zero-order chi connectivity index (χ0) is 12.3. The fourth-order valence-electron chi connectivity index (χ4n) is 1.33. The summed E-state index contributed by atoms with van der Waals surface area (Å²) in [6.07, 6.45) is -4.32. The van der Waals surface area contributed by atoms with Gasteiger partial charge in [-0.15, -0.1) is 0 Å². The minimum atomic E-state index is -4.32. The lowest BCUT2D eigenvalue weighted by molar-refractivity contribution is -0.119. The van der Waals surface area contributed by atoms with E-state index in [1.54, 1.807) is 0 Å². The predicted molar refractivity (Wildman–Crippen MR) is 53.6 cm³/mol. The topological polar surface area (TPSA) is 29.3 Å². The average Bonchev–Trinajstić information content (AvgIpc) is 2.14. The molecule has 0 unspecified atom stereocenters. The molecule has 0 aliphatic rings. The largest absolute Gasteiger partial charge is 0.405 e. The molecule has 0 saturated heterocycles. The lowest BCUT2D eigenvalue weighted by Gasteiger charge is -2.21. The third-order valence-corrected chi connectivity index (χ3v) is 2.04. The van der Waals surface area contributed by atoms with Crippen molar-refractivity contribution in [2.45, 2.75) is 12.7 Å². The second-order valence-corrected chi connectivity index (χ2v) is 3.49. The van der Waals surface area contributed by atoms with Crippen molar-refractivity contribution in [1.29, 1.82) is 0 Å². The van der Waals surface area contributed by atoms with Crippen LogP contribution < -0.4 is 10.6 Å². The highest BCUT2D eigenvalue weighted by Crippen LogP contribution is 2.22. The molecule has 0 amide bonds. The smallest absolute Gasteiger partial charge is 0.366 e. The Bertz CT molecular complexity index is 362. The monoisotopic (exact) mass is 236 g/mol. The average molecular weight is 236 g/mol. The van der Waals surface area contributed by atoms with Crippen molar-refractivity contribution >= 4 is 5.69 Å². The van der Waals surface area contributed by atoms with Crippen molar-refractivity contribution in [3.63, 3.8) is 0 Å². The number of hydrogen-bond donors (Lipinski definition) is 1. The highest BCUT2D eigenvalue weighted by Gasteiger charge is 2.29. The molecule has 0 atom stereocenters. The molecule has 16 heavy (non-hydrogen) atoms. The van der Waals surface area contributed by atoms with Crippen LogP contribution in [0.4, 0.5) is 23.2 Å². The van der Waals surface area contributed by atoms with Crippen LogP contribution in [-0.4, -0.2) is 19.8 Å². The van der Waals surface area contributed by atoms with Gasteiger partial charge in [0.2, 0.25) is 0 Å². The van der Waals surface area contributed by atoms with Gasteiger partial charge in [-0.3, -0.25) is 0 Å². The van der Waals surface area contributed by atoms with Gasteiger partial charge in [-0.05, 0) is 23.8 Å². The van der Waals surface area contributed by atoms with Gasteiger partial charge in [0.05, 0.1) is 0 Å². The summed E-state index contributed by atoms with van der Waals surface area (Å²) in [6, 6.07) is 3.69. The van der Waals surface area contributed by atoms with Crippen molar-refractivity contribution in [1.82, 2.24) is 0 Å². The molecule has 0 spiro atoms. The minimum absolute atomic E-state index is 0.0879. The number of nitrogens with two attached hydrogens (primary N) is 1. The number of halogens is 4. The second-order valence-electron chi connectivity index (χ2n) is 3.49. The van der Waals surface area contributed by atoms with E-state index in [-0.39, 0.29) is 12.2 Å². The van der Waals surface area contributed by atoms with Gasteiger partial charge in [0.15, 0.2) is 0 Å². The summed E-state index contributed by atoms with van der Waals surface area (Å²) in [4.78, 5) is 0.933. The molecule has 2 N–H and O–H groups in total. The first kappa shape index (κ1) is 12.8. The van der Waals surface area contributed by atoms with Gasteiger partial charge in [0.1, 0.15) is 12.4 Å². The van der Waals surface area contributed by atoms with Gasteiger partial charge in [-0.2, -0.15) is 13.2 Å². The lowest BCUT2D eigenvalue weighted by atomic mass is 10.2. The molecule has 0 saturated carbocycles. The van der Waals surface area contributed by atoms with E-state index < -0.39 is 18.5 Å². The number of hydrogen-bond acceptors (Lipinski definition) is 2. The van der Waals surface area contributed by atoms with Crippen LogP contribution in [0.5, 0.6) is 0 Å². The van der Waals surface area contributed by atoms with E-state index in [1.165, 1.54) is 19.2 Å². The maximum Gasteiger partial charge on any atom is 0.405 e. The molecule has 0 bridgehead atoms. The molecular weight excluding hydrogens is 224 g/mol. The summed E-state index contributed by atoms with van der Waals surface area (Å²) >= 11 is 0. The minimum Gasteiger partial charge on any atom is -0.366 e. The van der Waals surface area contributed by atoms with Crippen LogP contribution >= 0.6 is 0 Å². The number of nitrogens with zero attached hydrogens (tertiary/aromatic N) is 1. The van der Waals surface area contributed by atoms with Crippen LogP contribution in [0.15, 0.2) is 18.2 Å². The molecule has 90 valence electrons. The molecule has 0 heterocycles. The number of rotatable bonds is 3. The third kappa shape index (κ3) is 3.69. The van der Waals surface area contributed by atoms with E-state index in [2.05, 4.69) is 0 Å². The Labute approximate surface area is 90.7 Å². The van der Waals surface area contributed by atoms with Gasteiger partial charge in [0.25, 0.3) is 0 Å². The Hall–Kier alpha value is -1.30. The van der Waals surface area contributed by atoms with E-state index in [9.17, 15) is 17.6 Å². The second kappa shape index (κ2) is 4.69. The highest BCUT2D eigenvalue weighted by atomic mass is 19.4. The first-order valence-electron chi connectivity index (χ1n) is 4.59. The zero-order valence-electron chi connectivity index (χ0n) is 8.68. The SMILES string of the molecule is CN(CC(F)(F)F)c1cc(F)cc(CN)c1. The molecule has 1 aromatic carbocycles. The van der Waals surface area contributed by atoms with E-state index in [1.807, 2.05) is 0 Å². The van der Waals surface area contributed by atoms with Crippen molar-refractivity contribution in [2.24, 2.45) is 5.73 Å². The summed E-state index contributed by atoms with van der Waals surface area (Å²) in [5.41, 5.74) is 5.93. The standard InChI is InChI=1S/C10H12F4N2/c1-16(6-10(12,13)14)9-3-7(5-15)2-8(11)4-9/h2-4H,5-6,15H2,1H3. The Morgan fingerprint density at radius 3 is 2.38 bits per heavy atom. The summed E-state index contributed by atoms with van der Waals surface area (Å²) < 4.78 is 49.4. The highest BCUT2D eigenvalue weighted by molar-refractivity contribution is 5.48. The van der Waals surface area contributed by atoms with Gasteiger partial charge >= 0.3 is 6.18 Å². The van der Waals surface area contributed by atoms with E-state index in [0.29, 0.717) is 5.56 Å². The molecule has 1 rings (SSSR count). The van der Waals surface area contributed by atoms with Gasteiger partial charge in [-0.25, -0.2) is 4.39 Å². The van der Waals surface area contributed by atoms with E-state index >= 15 is 0 Å². The molecular formula is C10H12F4N2. The normalized spacial score (nSPS) is 11.6. The van der Waals surface area contributed by atoms with Crippen molar-refractivity contribution < 1.29 is 17.6 Å². The third-order valence-electron chi connectivity index (χ3n) is 2.04. The molecule has 0 aliphatic carbocycles. The predicted octanol–water partition coefficient (Wildman–Crippen LogP) is 2.28. The molecule has 2 nitrogen and oxygen atoms in total. The fraction of sp³-hybridized carbons (Fsp3) is 0.400. The summed E-state index contributed by atoms with van der Waals surface area (Å²) in [5, 5.41) is 0. The summed E-state index contributed by atoms with van der Waals surface area (Å²) in [5.74, 6) is -0.591. The first-order chi connectivity index (χ1) is 7.31. The molecule has 0 fully saturated rings. The van der Waals surface area contributed by atoms with Crippen LogP contribution in [0.2, 0.25) is 0 Å². The van der Waals surface area contributed by atoms with Crippen LogP contribution in [0.3, 0.4) is 0 Å². The lowest BCUT2D eigenvalue weighted by Crippen LogP contribution is -2.31. The zero-order valence-corrected chi connectivity index (χ0v) is 8.68. The molecule has 1 aromatic rings. The Kier molecular flexibility index (Phi) is 3.74. The van der Waals surface area contributed by atoms with Crippen molar-refractivity contribution in [3.05, 3.63) is 29.6 Å². The number of alkyl halides is 3. The maximum atomic E-state index is 13.0. The summed E-state index contributed by atoms with van der Waals surface area (Å²) in [7, 11) is 1.25.